The van der Waals surface area contributed by atoms with Crippen LogP contribution >= 0.6 is 0 Å². The van der Waals surface area contributed by atoms with Gasteiger partial charge in [-0.15, -0.1) is 0 Å². The van der Waals surface area contributed by atoms with Crippen LogP contribution in [0.1, 0.15) is 72.6 Å². The molecule has 1 N–H and O–H groups in total. The largest absolute Gasteiger partial charge is 0.490 e. The van der Waals surface area contributed by atoms with Crippen molar-refractivity contribution in [2.45, 2.75) is 84.8 Å². The molecule has 0 aromatic heterocycles. The Morgan fingerprint density at radius 1 is 1.10 bits per heavy atom. The Bertz CT molecular complexity index is 675. The first-order valence-electron chi connectivity index (χ1n) is 12.2. The molecule has 1 saturated carbocycles. The van der Waals surface area contributed by atoms with Crippen molar-refractivity contribution in [3.63, 3.8) is 0 Å². The molecule has 0 spiro atoms. The Hall–Kier alpha value is -1.75. The normalized spacial score (nSPS) is 25.1. The molecule has 0 bridgehead atoms. The summed E-state index contributed by atoms with van der Waals surface area (Å²) >= 11 is 0. The van der Waals surface area contributed by atoms with Crippen molar-refractivity contribution in [3.8, 4) is 5.75 Å². The zero-order chi connectivity index (χ0) is 22.3. The lowest BCUT2D eigenvalue weighted by Gasteiger charge is -2.37. The third-order valence-electron chi connectivity index (χ3n) is 6.87. The van der Waals surface area contributed by atoms with E-state index in [2.05, 4.69) is 55.3 Å². The van der Waals surface area contributed by atoms with Crippen molar-refractivity contribution in [3.05, 3.63) is 24.3 Å². The highest BCUT2D eigenvalue weighted by atomic mass is 16.5. The summed E-state index contributed by atoms with van der Waals surface area (Å²) in [5, 5.41) is 3.66. The summed E-state index contributed by atoms with van der Waals surface area (Å²) in [6.07, 6.45) is 7.99. The third kappa shape index (κ3) is 7.71. The van der Waals surface area contributed by atoms with Crippen molar-refractivity contribution < 1.29 is 14.3 Å². The summed E-state index contributed by atoms with van der Waals surface area (Å²) < 4.78 is 11.3. The molecular weight excluding hydrogens is 388 g/mol. The molecule has 1 aromatic rings. The number of hydrogen-bond donors (Lipinski definition) is 1. The van der Waals surface area contributed by atoms with Gasteiger partial charge >= 0.3 is 5.97 Å². The number of benzene rings is 1. The van der Waals surface area contributed by atoms with Gasteiger partial charge in [-0.05, 0) is 87.6 Å². The maximum Gasteiger partial charge on any atom is 0.307 e. The highest BCUT2D eigenvalue weighted by molar-refractivity contribution is 5.69. The minimum absolute atomic E-state index is 0.0972. The third-order valence-corrected chi connectivity index (χ3v) is 6.87. The molecule has 31 heavy (non-hydrogen) atoms. The summed E-state index contributed by atoms with van der Waals surface area (Å²) in [7, 11) is 0. The van der Waals surface area contributed by atoms with Crippen LogP contribution in [0.25, 0.3) is 0 Å². The van der Waals surface area contributed by atoms with Gasteiger partial charge in [-0.25, -0.2) is 0 Å². The van der Waals surface area contributed by atoms with Crippen LogP contribution in [0.4, 0.5) is 5.69 Å². The molecule has 1 saturated heterocycles. The second-order valence-electron chi connectivity index (χ2n) is 10.3. The van der Waals surface area contributed by atoms with Gasteiger partial charge in [0.2, 0.25) is 0 Å². The van der Waals surface area contributed by atoms with E-state index in [4.69, 9.17) is 9.47 Å². The second-order valence-corrected chi connectivity index (χ2v) is 10.3. The number of likely N-dealkylation sites (tertiary alicyclic amines) is 1. The monoisotopic (exact) mass is 430 g/mol. The van der Waals surface area contributed by atoms with E-state index in [9.17, 15) is 4.79 Å². The first-order valence-corrected chi connectivity index (χ1v) is 12.2. The van der Waals surface area contributed by atoms with Crippen LogP contribution in [0.5, 0.6) is 5.75 Å². The van der Waals surface area contributed by atoms with Gasteiger partial charge in [-0.1, -0.05) is 20.8 Å². The summed E-state index contributed by atoms with van der Waals surface area (Å²) in [6, 6.07) is 8.87. The first-order chi connectivity index (χ1) is 14.8. The lowest BCUT2D eigenvalue weighted by Crippen LogP contribution is -2.42. The van der Waals surface area contributed by atoms with E-state index in [0.717, 1.165) is 62.7 Å². The van der Waals surface area contributed by atoms with Crippen LogP contribution in [0.3, 0.4) is 0 Å². The molecule has 5 nitrogen and oxygen atoms in total. The molecule has 174 valence electrons. The number of hydrogen-bond acceptors (Lipinski definition) is 5. The summed E-state index contributed by atoms with van der Waals surface area (Å²) in [5.41, 5.74) is 1.55. The fraction of sp³-hybridized carbons (Fsp3) is 0.731. The van der Waals surface area contributed by atoms with Crippen LogP contribution in [0.15, 0.2) is 24.3 Å². The standard InChI is InChI=1S/C26H42N2O3/c1-5-30-25(29)16-18-28-17-6-7-22(19-28)27-21-10-14-24(15-11-21)31-23-12-8-20(9-13-23)26(2,3)4/h10-11,14-15,20,22-23,27H,5-9,12-13,16-19H2,1-4H3/t20-,22?,23-. The minimum atomic E-state index is -0.0972. The van der Waals surface area contributed by atoms with Gasteiger partial charge in [0, 0.05) is 24.8 Å². The topological polar surface area (TPSA) is 50.8 Å². The number of nitrogens with one attached hydrogen (secondary N) is 1. The molecule has 0 amide bonds. The van der Waals surface area contributed by atoms with Crippen molar-refractivity contribution in [2.75, 3.05) is 31.6 Å². The van der Waals surface area contributed by atoms with E-state index in [0.29, 0.717) is 30.6 Å². The van der Waals surface area contributed by atoms with Gasteiger partial charge in [0.25, 0.3) is 0 Å². The maximum absolute atomic E-state index is 11.6. The van der Waals surface area contributed by atoms with Crippen molar-refractivity contribution in [1.82, 2.24) is 4.90 Å². The number of nitrogens with zero attached hydrogens (tertiary/aromatic N) is 1. The van der Waals surface area contributed by atoms with E-state index in [1.807, 2.05) is 6.92 Å². The predicted octanol–water partition coefficient (Wildman–Crippen LogP) is 5.50. The SMILES string of the molecule is CCOC(=O)CCN1CCCC(Nc2ccc(O[C@H]3CC[C@H](C(C)(C)C)CC3)cc2)C1. The van der Waals surface area contributed by atoms with E-state index in [1.165, 1.54) is 12.8 Å². The molecule has 2 fully saturated rings. The lowest BCUT2D eigenvalue weighted by molar-refractivity contribution is -0.143. The van der Waals surface area contributed by atoms with Crippen LogP contribution in [0.2, 0.25) is 0 Å². The fourth-order valence-corrected chi connectivity index (χ4v) is 4.96. The van der Waals surface area contributed by atoms with Crippen molar-refractivity contribution >= 4 is 11.7 Å². The van der Waals surface area contributed by atoms with Crippen LogP contribution in [-0.2, 0) is 9.53 Å². The first kappa shape index (κ1) is 23.9. The van der Waals surface area contributed by atoms with Crippen LogP contribution < -0.4 is 10.1 Å². The number of rotatable bonds is 8. The highest BCUT2D eigenvalue weighted by Gasteiger charge is 2.30. The van der Waals surface area contributed by atoms with E-state index in [1.54, 1.807) is 0 Å². The predicted molar refractivity (Wildman–Crippen MR) is 127 cm³/mol. The molecule has 1 aliphatic carbocycles. The van der Waals surface area contributed by atoms with Crippen molar-refractivity contribution in [2.24, 2.45) is 11.3 Å². The molecule has 1 unspecified atom stereocenters. The smallest absolute Gasteiger partial charge is 0.307 e. The van der Waals surface area contributed by atoms with E-state index < -0.39 is 0 Å². The van der Waals surface area contributed by atoms with Gasteiger partial charge in [0.1, 0.15) is 5.75 Å². The zero-order valence-corrected chi connectivity index (χ0v) is 20.0. The summed E-state index contributed by atoms with van der Waals surface area (Å²) in [6.45, 7) is 12.2. The maximum atomic E-state index is 11.6. The number of carbonyl (C=O) groups excluding carboxylic acids is 1. The Morgan fingerprint density at radius 2 is 1.81 bits per heavy atom. The van der Waals surface area contributed by atoms with Crippen molar-refractivity contribution in [1.29, 1.82) is 0 Å². The van der Waals surface area contributed by atoms with E-state index >= 15 is 0 Å². The molecule has 1 aromatic carbocycles. The molecule has 1 aliphatic heterocycles. The number of carbonyl (C=O) groups is 1. The molecule has 5 heteroatoms. The summed E-state index contributed by atoms with van der Waals surface area (Å²) in [4.78, 5) is 14.0. The number of piperidine rings is 1. The second kappa shape index (κ2) is 11.2. The van der Waals surface area contributed by atoms with Gasteiger partial charge in [0.05, 0.1) is 19.1 Å². The highest BCUT2D eigenvalue weighted by Crippen LogP contribution is 2.38. The fourth-order valence-electron chi connectivity index (χ4n) is 4.96. The Labute approximate surface area is 188 Å². The Balaban J connectivity index is 1.41. The minimum Gasteiger partial charge on any atom is -0.490 e. The Morgan fingerprint density at radius 3 is 2.45 bits per heavy atom. The average Bonchev–Trinajstić information content (AvgIpc) is 2.74. The van der Waals surface area contributed by atoms with Gasteiger partial charge in [0.15, 0.2) is 0 Å². The molecule has 1 atom stereocenters. The molecule has 1 heterocycles. The Kier molecular flexibility index (Phi) is 8.65. The quantitative estimate of drug-likeness (QED) is 0.552. The molecular formula is C26H42N2O3. The zero-order valence-electron chi connectivity index (χ0n) is 20.0. The number of anilines is 1. The number of ether oxygens (including phenoxy) is 2. The average molecular weight is 431 g/mol. The summed E-state index contributed by atoms with van der Waals surface area (Å²) in [5.74, 6) is 1.69. The van der Waals surface area contributed by atoms with Crippen LogP contribution in [0, 0.1) is 11.3 Å². The number of esters is 1. The molecule has 2 aliphatic rings. The van der Waals surface area contributed by atoms with Crippen LogP contribution in [-0.4, -0.2) is 49.3 Å². The lowest BCUT2D eigenvalue weighted by atomic mass is 9.72. The van der Waals surface area contributed by atoms with Gasteiger partial charge in [-0.2, -0.15) is 0 Å². The van der Waals surface area contributed by atoms with Gasteiger partial charge < -0.3 is 19.7 Å². The molecule has 3 rings (SSSR count). The van der Waals surface area contributed by atoms with E-state index in [-0.39, 0.29) is 5.97 Å². The van der Waals surface area contributed by atoms with Gasteiger partial charge in [-0.3, -0.25) is 4.79 Å². The molecule has 0 radical (unpaired) electrons.